The number of rotatable bonds is 3. The zero-order chi connectivity index (χ0) is 13.8. The molecule has 3 rings (SSSR count). The van der Waals surface area contributed by atoms with Crippen molar-refractivity contribution in [3.8, 4) is 0 Å². The molecule has 3 heteroatoms. The molecule has 20 heavy (non-hydrogen) atoms. The van der Waals surface area contributed by atoms with Gasteiger partial charge in [-0.1, -0.05) is 54.1 Å². The van der Waals surface area contributed by atoms with Gasteiger partial charge in [-0.2, -0.15) is 0 Å². The summed E-state index contributed by atoms with van der Waals surface area (Å²) in [5.74, 6) is 0.326. The zero-order valence-corrected chi connectivity index (χ0v) is 11.9. The van der Waals surface area contributed by atoms with E-state index in [4.69, 9.17) is 21.1 Å². The highest BCUT2D eigenvalue weighted by molar-refractivity contribution is 6.30. The topological polar surface area (TPSA) is 18.5 Å². The van der Waals surface area contributed by atoms with E-state index < -0.39 is 0 Å². The number of benzene rings is 2. The van der Waals surface area contributed by atoms with Crippen LogP contribution in [0.15, 0.2) is 54.6 Å². The van der Waals surface area contributed by atoms with Gasteiger partial charge in [0.05, 0.1) is 12.7 Å². The molecule has 0 saturated carbocycles. The molecule has 1 saturated heterocycles. The van der Waals surface area contributed by atoms with Crippen molar-refractivity contribution in [3.05, 3.63) is 70.7 Å². The van der Waals surface area contributed by atoms with Crippen molar-refractivity contribution >= 4 is 11.6 Å². The van der Waals surface area contributed by atoms with Crippen LogP contribution in [0.25, 0.3) is 0 Å². The molecule has 0 aliphatic carbocycles. The second-order valence-corrected chi connectivity index (χ2v) is 5.51. The Morgan fingerprint density at radius 1 is 1.00 bits per heavy atom. The van der Waals surface area contributed by atoms with E-state index in [1.807, 2.05) is 30.3 Å². The lowest BCUT2D eigenvalue weighted by atomic mass is 9.90. The number of hydrogen-bond donors (Lipinski definition) is 0. The smallest absolute Gasteiger partial charge is 0.147 e. The molecule has 1 heterocycles. The average Bonchev–Trinajstić information content (AvgIpc) is 2.51. The minimum atomic E-state index is 0.0978. The molecule has 1 aliphatic heterocycles. The lowest BCUT2D eigenvalue weighted by Gasteiger charge is -2.32. The number of ether oxygens (including phenoxy) is 2. The van der Waals surface area contributed by atoms with E-state index >= 15 is 0 Å². The predicted molar refractivity (Wildman–Crippen MR) is 79.7 cm³/mol. The quantitative estimate of drug-likeness (QED) is 0.841. The van der Waals surface area contributed by atoms with Crippen LogP contribution in [0, 0.1) is 5.92 Å². The molecule has 1 aliphatic rings. The Bertz CT molecular complexity index is 539. The van der Waals surface area contributed by atoms with Crippen LogP contribution in [0.5, 0.6) is 0 Å². The molecule has 2 atom stereocenters. The Morgan fingerprint density at radius 2 is 1.75 bits per heavy atom. The minimum absolute atomic E-state index is 0.0978. The summed E-state index contributed by atoms with van der Waals surface area (Å²) >= 11 is 5.93. The molecule has 0 amide bonds. The van der Waals surface area contributed by atoms with Crippen molar-refractivity contribution in [2.75, 3.05) is 13.4 Å². The maximum absolute atomic E-state index is 5.93. The fraction of sp³-hybridized carbons (Fsp3) is 0.294. The molecule has 0 aromatic heterocycles. The molecule has 0 spiro atoms. The Labute approximate surface area is 124 Å². The summed E-state index contributed by atoms with van der Waals surface area (Å²) in [5.41, 5.74) is 2.48. The van der Waals surface area contributed by atoms with E-state index in [0.717, 1.165) is 18.1 Å². The summed E-state index contributed by atoms with van der Waals surface area (Å²) in [6, 6.07) is 18.4. The summed E-state index contributed by atoms with van der Waals surface area (Å²) in [6.45, 7) is 1.10. The third kappa shape index (κ3) is 3.21. The van der Waals surface area contributed by atoms with E-state index in [-0.39, 0.29) is 6.10 Å². The molecule has 2 nitrogen and oxygen atoms in total. The van der Waals surface area contributed by atoms with Crippen molar-refractivity contribution in [1.29, 1.82) is 0 Å². The SMILES string of the molecule is Clc1ccc(C[C@@H]2COCO[C@H]2c2ccccc2)cc1. The fourth-order valence-corrected chi connectivity index (χ4v) is 2.77. The first-order valence-corrected chi connectivity index (χ1v) is 7.19. The number of hydrogen-bond acceptors (Lipinski definition) is 2. The van der Waals surface area contributed by atoms with E-state index in [2.05, 4.69) is 24.3 Å². The molecule has 2 aromatic rings. The molecular formula is C17H17ClO2. The molecule has 0 N–H and O–H groups in total. The van der Waals surface area contributed by atoms with Gasteiger partial charge in [0.25, 0.3) is 0 Å². The van der Waals surface area contributed by atoms with Crippen molar-refractivity contribution in [2.24, 2.45) is 5.92 Å². The van der Waals surface area contributed by atoms with Crippen LogP contribution in [0.4, 0.5) is 0 Å². The van der Waals surface area contributed by atoms with E-state index in [1.165, 1.54) is 11.1 Å². The molecular weight excluding hydrogens is 272 g/mol. The van der Waals surface area contributed by atoms with Gasteiger partial charge >= 0.3 is 0 Å². The Hall–Kier alpha value is -1.35. The second kappa shape index (κ2) is 6.40. The van der Waals surface area contributed by atoms with Gasteiger partial charge in [-0.15, -0.1) is 0 Å². The summed E-state index contributed by atoms with van der Waals surface area (Å²) in [7, 11) is 0. The highest BCUT2D eigenvalue weighted by Gasteiger charge is 2.28. The minimum Gasteiger partial charge on any atom is -0.355 e. The molecule has 104 valence electrons. The van der Waals surface area contributed by atoms with Crippen molar-refractivity contribution in [2.45, 2.75) is 12.5 Å². The normalized spacial score (nSPS) is 22.6. The van der Waals surface area contributed by atoms with E-state index in [0.29, 0.717) is 12.7 Å². The van der Waals surface area contributed by atoms with Gasteiger partial charge in [0.2, 0.25) is 0 Å². The van der Waals surface area contributed by atoms with Crippen LogP contribution in [0.2, 0.25) is 5.02 Å². The van der Waals surface area contributed by atoms with Gasteiger partial charge in [-0.25, -0.2) is 0 Å². The van der Waals surface area contributed by atoms with Crippen molar-refractivity contribution in [3.63, 3.8) is 0 Å². The van der Waals surface area contributed by atoms with Crippen LogP contribution < -0.4 is 0 Å². The van der Waals surface area contributed by atoms with Crippen LogP contribution in [-0.4, -0.2) is 13.4 Å². The van der Waals surface area contributed by atoms with Gasteiger partial charge in [-0.05, 0) is 29.7 Å². The second-order valence-electron chi connectivity index (χ2n) is 5.08. The molecule has 0 radical (unpaired) electrons. The largest absolute Gasteiger partial charge is 0.355 e. The monoisotopic (exact) mass is 288 g/mol. The third-order valence-electron chi connectivity index (χ3n) is 3.63. The van der Waals surface area contributed by atoms with Gasteiger partial charge in [-0.3, -0.25) is 0 Å². The average molecular weight is 289 g/mol. The van der Waals surface area contributed by atoms with Crippen LogP contribution >= 0.6 is 11.6 Å². The van der Waals surface area contributed by atoms with Gasteiger partial charge in [0.15, 0.2) is 0 Å². The maximum Gasteiger partial charge on any atom is 0.147 e. The summed E-state index contributed by atoms with van der Waals surface area (Å²) in [4.78, 5) is 0. The lowest BCUT2D eigenvalue weighted by molar-refractivity contribution is -0.172. The summed E-state index contributed by atoms with van der Waals surface area (Å²) < 4.78 is 11.3. The first kappa shape index (κ1) is 13.6. The van der Waals surface area contributed by atoms with Gasteiger partial charge in [0, 0.05) is 10.9 Å². The van der Waals surface area contributed by atoms with Crippen molar-refractivity contribution in [1.82, 2.24) is 0 Å². The van der Waals surface area contributed by atoms with E-state index in [9.17, 15) is 0 Å². The lowest BCUT2D eigenvalue weighted by Crippen LogP contribution is -2.29. The third-order valence-corrected chi connectivity index (χ3v) is 3.88. The Morgan fingerprint density at radius 3 is 2.50 bits per heavy atom. The van der Waals surface area contributed by atoms with Crippen LogP contribution in [-0.2, 0) is 15.9 Å². The highest BCUT2D eigenvalue weighted by atomic mass is 35.5. The predicted octanol–water partition coefficient (Wildman–Crippen LogP) is 4.24. The number of halogens is 1. The molecule has 0 unspecified atom stereocenters. The first-order valence-electron chi connectivity index (χ1n) is 6.81. The summed E-state index contributed by atoms with van der Waals surface area (Å²) in [5, 5.41) is 0.768. The first-order chi connectivity index (χ1) is 9.83. The summed E-state index contributed by atoms with van der Waals surface area (Å²) in [6.07, 6.45) is 1.03. The fourth-order valence-electron chi connectivity index (χ4n) is 2.64. The molecule has 1 fully saturated rings. The standard InChI is InChI=1S/C17H17ClO2/c18-16-8-6-13(7-9-16)10-15-11-19-12-20-17(15)14-4-2-1-3-5-14/h1-9,15,17H,10-12H2/t15-,17+/m1/s1. The molecule has 0 bridgehead atoms. The van der Waals surface area contributed by atoms with Crippen molar-refractivity contribution < 1.29 is 9.47 Å². The Balaban J connectivity index is 1.77. The van der Waals surface area contributed by atoms with Crippen LogP contribution in [0.1, 0.15) is 17.2 Å². The maximum atomic E-state index is 5.93. The molecule has 2 aromatic carbocycles. The van der Waals surface area contributed by atoms with Gasteiger partial charge < -0.3 is 9.47 Å². The zero-order valence-electron chi connectivity index (χ0n) is 11.2. The van der Waals surface area contributed by atoms with Gasteiger partial charge in [0.1, 0.15) is 6.79 Å². The van der Waals surface area contributed by atoms with Crippen LogP contribution in [0.3, 0.4) is 0 Å². The Kier molecular flexibility index (Phi) is 4.36. The van der Waals surface area contributed by atoms with E-state index in [1.54, 1.807) is 0 Å². The highest BCUT2D eigenvalue weighted by Crippen LogP contribution is 2.32.